The molecule has 2 atom stereocenters. The first kappa shape index (κ1) is 22.6. The van der Waals surface area contributed by atoms with Gasteiger partial charge in [0, 0.05) is 30.9 Å². The van der Waals surface area contributed by atoms with Crippen LogP contribution in [0.5, 0.6) is 0 Å². The molecule has 1 aromatic heterocycles. The number of carbonyl (C=O) groups excluding carboxylic acids is 2. The molecule has 2 aliphatic heterocycles. The normalized spacial score (nSPS) is 25.7. The van der Waals surface area contributed by atoms with Crippen molar-refractivity contribution in [2.24, 2.45) is 28.5 Å². The fourth-order valence-electron chi connectivity index (χ4n) is 5.38. The van der Waals surface area contributed by atoms with Crippen molar-refractivity contribution in [3.63, 3.8) is 0 Å². The van der Waals surface area contributed by atoms with Crippen LogP contribution in [0.2, 0.25) is 0 Å². The number of nitrogens with two attached hydrogens (primary N) is 1. The zero-order chi connectivity index (χ0) is 24.0. The number of nitrogens with zero attached hydrogens (tertiary/aromatic N) is 4. The summed E-state index contributed by atoms with van der Waals surface area (Å²) in [5, 5.41) is 11.3. The van der Waals surface area contributed by atoms with Gasteiger partial charge in [-0.3, -0.25) is 14.5 Å². The Labute approximate surface area is 203 Å². The second kappa shape index (κ2) is 8.55. The van der Waals surface area contributed by atoms with E-state index < -0.39 is 5.54 Å². The molecule has 1 saturated heterocycles. The molecule has 0 bridgehead atoms. The molecule has 2 fully saturated rings. The van der Waals surface area contributed by atoms with Gasteiger partial charge in [0.2, 0.25) is 11.8 Å². The van der Waals surface area contributed by atoms with Crippen molar-refractivity contribution in [2.45, 2.75) is 38.1 Å². The highest BCUT2D eigenvalue weighted by Gasteiger charge is 2.51. The lowest BCUT2D eigenvalue weighted by molar-refractivity contribution is -0.139. The summed E-state index contributed by atoms with van der Waals surface area (Å²) in [5.41, 5.74) is 8.00. The highest BCUT2D eigenvalue weighted by atomic mass is 32.1. The Morgan fingerprint density at radius 3 is 2.62 bits per heavy atom. The van der Waals surface area contributed by atoms with Crippen molar-refractivity contribution in [3.05, 3.63) is 46.2 Å². The van der Waals surface area contributed by atoms with Gasteiger partial charge in [-0.15, -0.1) is 11.3 Å². The lowest BCUT2D eigenvalue weighted by Gasteiger charge is -2.45. The SMILES string of the molecule is CN1C(=O)[C@@H](C2CCN(C(=O)C3CC3)CC2)[C@@](C)(c2cc(-c3cccc(C#N)c3)cs2)N=C1N. The van der Waals surface area contributed by atoms with Gasteiger partial charge in [-0.05, 0) is 73.2 Å². The lowest BCUT2D eigenvalue weighted by atomic mass is 9.70. The van der Waals surface area contributed by atoms with Crippen LogP contribution in [0, 0.1) is 29.1 Å². The van der Waals surface area contributed by atoms with Crippen LogP contribution in [0.3, 0.4) is 0 Å². The van der Waals surface area contributed by atoms with E-state index in [4.69, 9.17) is 10.7 Å². The van der Waals surface area contributed by atoms with E-state index in [-0.39, 0.29) is 35.5 Å². The van der Waals surface area contributed by atoms with Crippen molar-refractivity contribution in [1.82, 2.24) is 9.80 Å². The molecule has 0 radical (unpaired) electrons. The van der Waals surface area contributed by atoms with Crippen molar-refractivity contribution >= 4 is 29.1 Å². The van der Waals surface area contributed by atoms with E-state index >= 15 is 0 Å². The average molecular weight is 476 g/mol. The molecule has 8 heteroatoms. The smallest absolute Gasteiger partial charge is 0.235 e. The minimum absolute atomic E-state index is 0.0107. The van der Waals surface area contributed by atoms with Gasteiger partial charge in [0.05, 0.1) is 17.6 Å². The molecule has 2 N–H and O–H groups in total. The third kappa shape index (κ3) is 3.88. The summed E-state index contributed by atoms with van der Waals surface area (Å²) < 4.78 is 0. The van der Waals surface area contributed by atoms with E-state index in [0.29, 0.717) is 18.7 Å². The third-order valence-electron chi connectivity index (χ3n) is 7.57. The van der Waals surface area contributed by atoms with Crippen molar-refractivity contribution in [3.8, 4) is 17.2 Å². The zero-order valence-corrected chi connectivity index (χ0v) is 20.3. The molecule has 1 aromatic carbocycles. The Hall–Kier alpha value is -3.18. The van der Waals surface area contributed by atoms with E-state index in [0.717, 1.165) is 41.7 Å². The van der Waals surface area contributed by atoms with Gasteiger partial charge >= 0.3 is 0 Å². The van der Waals surface area contributed by atoms with Gasteiger partial charge in [-0.25, -0.2) is 4.99 Å². The Morgan fingerprint density at radius 2 is 1.94 bits per heavy atom. The van der Waals surface area contributed by atoms with Gasteiger partial charge < -0.3 is 10.6 Å². The number of hydrogen-bond acceptors (Lipinski definition) is 6. The van der Waals surface area contributed by atoms with E-state index in [1.165, 1.54) is 4.90 Å². The Bertz CT molecular complexity index is 1200. The molecule has 2 amide bonds. The molecule has 3 aliphatic rings. The highest BCUT2D eigenvalue weighted by molar-refractivity contribution is 7.10. The number of rotatable bonds is 4. The summed E-state index contributed by atoms with van der Waals surface area (Å²) in [6.45, 7) is 3.40. The number of likely N-dealkylation sites (tertiary alicyclic amines) is 1. The topological polar surface area (TPSA) is 103 Å². The predicted octanol–water partition coefficient (Wildman–Crippen LogP) is 3.55. The number of nitriles is 1. The largest absolute Gasteiger partial charge is 0.369 e. The molecular formula is C26H29N5O2S. The van der Waals surface area contributed by atoms with Gasteiger partial charge in [-0.2, -0.15) is 5.26 Å². The molecule has 1 saturated carbocycles. The number of guanidine groups is 1. The molecule has 2 aromatic rings. The summed E-state index contributed by atoms with van der Waals surface area (Å²) in [6.07, 6.45) is 3.59. The Balaban J connectivity index is 1.45. The fraction of sp³-hybridized carbons (Fsp3) is 0.462. The molecule has 7 nitrogen and oxygen atoms in total. The molecular weight excluding hydrogens is 446 g/mol. The molecule has 3 heterocycles. The Kier molecular flexibility index (Phi) is 5.68. The van der Waals surface area contributed by atoms with Gasteiger partial charge in [0.1, 0.15) is 5.54 Å². The minimum atomic E-state index is -0.781. The second-order valence-corrected chi connectivity index (χ2v) is 10.7. The number of piperidine rings is 1. The first-order chi connectivity index (χ1) is 16.3. The number of thiophene rings is 1. The van der Waals surface area contributed by atoms with Crippen molar-refractivity contribution < 1.29 is 9.59 Å². The number of aliphatic imine (C=N–C) groups is 1. The highest BCUT2D eigenvalue weighted by Crippen LogP contribution is 2.47. The third-order valence-corrected chi connectivity index (χ3v) is 8.72. The van der Waals surface area contributed by atoms with E-state index in [2.05, 4.69) is 17.5 Å². The van der Waals surface area contributed by atoms with E-state index in [1.54, 1.807) is 24.5 Å². The van der Waals surface area contributed by atoms with Gasteiger partial charge in [0.15, 0.2) is 5.96 Å². The molecule has 176 valence electrons. The van der Waals surface area contributed by atoms with Gasteiger partial charge in [-0.1, -0.05) is 12.1 Å². The maximum Gasteiger partial charge on any atom is 0.235 e. The lowest BCUT2D eigenvalue weighted by Crippen LogP contribution is -2.57. The minimum Gasteiger partial charge on any atom is -0.369 e. The Morgan fingerprint density at radius 1 is 1.21 bits per heavy atom. The molecule has 5 rings (SSSR count). The molecule has 0 unspecified atom stereocenters. The van der Waals surface area contributed by atoms with Crippen LogP contribution in [0.25, 0.3) is 11.1 Å². The first-order valence-electron chi connectivity index (χ1n) is 11.8. The molecule has 34 heavy (non-hydrogen) atoms. The van der Waals surface area contributed by atoms with Crippen LogP contribution in [-0.2, 0) is 15.1 Å². The molecule has 1 aliphatic carbocycles. The molecule has 0 spiro atoms. The number of hydrogen-bond donors (Lipinski definition) is 1. The summed E-state index contributed by atoms with van der Waals surface area (Å²) in [7, 11) is 1.69. The van der Waals surface area contributed by atoms with Crippen LogP contribution >= 0.6 is 11.3 Å². The first-order valence-corrected chi connectivity index (χ1v) is 12.7. The van der Waals surface area contributed by atoms with Crippen LogP contribution in [0.15, 0.2) is 40.7 Å². The summed E-state index contributed by atoms with van der Waals surface area (Å²) >= 11 is 1.57. The van der Waals surface area contributed by atoms with Gasteiger partial charge in [0.25, 0.3) is 0 Å². The average Bonchev–Trinajstić information content (AvgIpc) is 3.58. The second-order valence-electron chi connectivity index (χ2n) is 9.82. The predicted molar refractivity (Wildman–Crippen MR) is 132 cm³/mol. The van der Waals surface area contributed by atoms with Crippen molar-refractivity contribution in [1.29, 1.82) is 5.26 Å². The number of amides is 2. The summed E-state index contributed by atoms with van der Waals surface area (Å²) in [6, 6.07) is 11.8. The van der Waals surface area contributed by atoms with Crippen LogP contribution in [-0.4, -0.2) is 47.7 Å². The maximum atomic E-state index is 13.6. The standard InChI is InChI=1S/C26H29N5O2S/c1-26(21-13-20(15-34-21)19-5-3-4-16(12-19)14-27)22(24(33)30(2)25(28)29-26)17-8-10-31(11-9-17)23(32)18-6-7-18/h3-5,12-13,15,17-18,22H,6-11H2,1-2H3,(H2,28,29)/t22-,26-/m1/s1. The van der Waals surface area contributed by atoms with Crippen molar-refractivity contribution in [2.75, 3.05) is 20.1 Å². The maximum absolute atomic E-state index is 13.6. The van der Waals surface area contributed by atoms with Crippen LogP contribution < -0.4 is 5.73 Å². The van der Waals surface area contributed by atoms with Crippen LogP contribution in [0.1, 0.15) is 43.0 Å². The quantitative estimate of drug-likeness (QED) is 0.730. The number of carbonyl (C=O) groups is 2. The van der Waals surface area contributed by atoms with E-state index in [9.17, 15) is 14.9 Å². The summed E-state index contributed by atoms with van der Waals surface area (Å²) in [4.78, 5) is 35.4. The number of benzene rings is 1. The van der Waals surface area contributed by atoms with Crippen LogP contribution in [0.4, 0.5) is 0 Å². The summed E-state index contributed by atoms with van der Waals surface area (Å²) in [5.74, 6) is 0.484. The zero-order valence-electron chi connectivity index (χ0n) is 19.5. The van der Waals surface area contributed by atoms with E-state index in [1.807, 2.05) is 30.0 Å². The fourth-order valence-corrected chi connectivity index (χ4v) is 6.44. The monoisotopic (exact) mass is 475 g/mol.